The first-order chi connectivity index (χ1) is 16.4. The van der Waals surface area contributed by atoms with Gasteiger partial charge in [0.15, 0.2) is 5.69 Å². The van der Waals surface area contributed by atoms with Crippen LogP contribution < -0.4 is 5.32 Å². The van der Waals surface area contributed by atoms with Crippen LogP contribution >= 0.6 is 23.2 Å². The van der Waals surface area contributed by atoms with Crippen molar-refractivity contribution < 1.29 is 22.1 Å². The lowest BCUT2D eigenvalue weighted by Gasteiger charge is -2.22. The topological polar surface area (TPSA) is 99.5 Å². The van der Waals surface area contributed by atoms with Gasteiger partial charge in [0.1, 0.15) is 0 Å². The summed E-state index contributed by atoms with van der Waals surface area (Å²) in [5.41, 5.74) is 1.87. The van der Waals surface area contributed by atoms with Crippen molar-refractivity contribution in [1.82, 2.24) is 15.1 Å². The predicted molar refractivity (Wildman–Crippen MR) is 137 cm³/mol. The summed E-state index contributed by atoms with van der Waals surface area (Å²) in [6.45, 7) is 3.75. The van der Waals surface area contributed by atoms with Crippen molar-refractivity contribution in [3.8, 4) is 16.9 Å². The van der Waals surface area contributed by atoms with E-state index in [2.05, 4.69) is 10.4 Å². The normalized spacial score (nSPS) is 12.1. The number of rotatable bonds is 10. The van der Waals surface area contributed by atoms with Crippen molar-refractivity contribution in [1.29, 1.82) is 0 Å². The number of aromatic nitrogens is 2. The Morgan fingerprint density at radius 1 is 1.11 bits per heavy atom. The Kier molecular flexibility index (Phi) is 8.61. The molecule has 0 fully saturated rings. The molecular formula is C24H27Cl2N3O5S. The van der Waals surface area contributed by atoms with Gasteiger partial charge in [0.2, 0.25) is 0 Å². The van der Waals surface area contributed by atoms with Crippen LogP contribution in [-0.2, 0) is 25.5 Å². The minimum atomic E-state index is -3.68. The van der Waals surface area contributed by atoms with Crippen LogP contribution in [0.1, 0.15) is 29.9 Å². The van der Waals surface area contributed by atoms with Gasteiger partial charge in [-0.1, -0.05) is 47.5 Å². The van der Waals surface area contributed by atoms with Gasteiger partial charge < -0.3 is 10.1 Å². The first-order valence-electron chi connectivity index (χ1n) is 10.7. The summed E-state index contributed by atoms with van der Waals surface area (Å²) >= 11 is 12.6. The fourth-order valence-corrected chi connectivity index (χ4v) is 4.04. The Hall–Kier alpha value is -2.43. The SMILES string of the molecule is COC(C)(C)CNC(=O)c1nn(-c2ccccc2Cl)c(-c2ccc(Cl)cc2)c1CCOS(C)(=O)=O. The molecule has 35 heavy (non-hydrogen) atoms. The van der Waals surface area contributed by atoms with E-state index in [0.717, 1.165) is 6.26 Å². The fourth-order valence-electron chi connectivity index (χ4n) is 3.32. The monoisotopic (exact) mass is 539 g/mol. The van der Waals surface area contributed by atoms with Crippen molar-refractivity contribution in [2.45, 2.75) is 25.9 Å². The second-order valence-electron chi connectivity index (χ2n) is 8.47. The lowest BCUT2D eigenvalue weighted by molar-refractivity contribution is 0.0228. The average molecular weight is 540 g/mol. The van der Waals surface area contributed by atoms with E-state index in [4.69, 9.17) is 32.1 Å². The van der Waals surface area contributed by atoms with Crippen LogP contribution in [-0.4, -0.2) is 56.2 Å². The van der Waals surface area contributed by atoms with Gasteiger partial charge in [-0.3, -0.25) is 8.98 Å². The van der Waals surface area contributed by atoms with Crippen LogP contribution in [0.25, 0.3) is 16.9 Å². The number of ether oxygens (including phenoxy) is 1. The Balaban J connectivity index is 2.19. The highest BCUT2D eigenvalue weighted by atomic mass is 35.5. The van der Waals surface area contributed by atoms with E-state index >= 15 is 0 Å². The molecule has 11 heteroatoms. The van der Waals surface area contributed by atoms with Crippen molar-refractivity contribution in [3.05, 3.63) is 69.8 Å². The van der Waals surface area contributed by atoms with Crippen LogP contribution in [0.2, 0.25) is 10.0 Å². The maximum absolute atomic E-state index is 13.3. The predicted octanol–water partition coefficient (Wildman–Crippen LogP) is 4.52. The van der Waals surface area contributed by atoms with Crippen LogP contribution in [0.4, 0.5) is 0 Å². The highest BCUT2D eigenvalue weighted by Crippen LogP contribution is 2.33. The van der Waals surface area contributed by atoms with E-state index in [1.54, 1.807) is 54.3 Å². The van der Waals surface area contributed by atoms with Crippen molar-refractivity contribution in [3.63, 3.8) is 0 Å². The van der Waals surface area contributed by atoms with Gasteiger partial charge in [-0.25, -0.2) is 4.68 Å². The van der Waals surface area contributed by atoms with Gasteiger partial charge in [-0.2, -0.15) is 13.5 Å². The molecule has 3 aromatic rings. The third-order valence-electron chi connectivity index (χ3n) is 5.27. The largest absolute Gasteiger partial charge is 0.377 e. The molecule has 0 saturated heterocycles. The summed E-state index contributed by atoms with van der Waals surface area (Å²) < 4.78 is 35.1. The van der Waals surface area contributed by atoms with Crippen LogP contribution in [0.3, 0.4) is 0 Å². The van der Waals surface area contributed by atoms with Gasteiger partial charge >= 0.3 is 0 Å². The number of nitrogens with one attached hydrogen (secondary N) is 1. The zero-order valence-electron chi connectivity index (χ0n) is 19.8. The molecular weight excluding hydrogens is 513 g/mol. The van der Waals surface area contributed by atoms with E-state index in [1.807, 2.05) is 19.9 Å². The summed E-state index contributed by atoms with van der Waals surface area (Å²) in [6, 6.07) is 14.1. The Labute approximate surface area is 215 Å². The van der Waals surface area contributed by atoms with Gasteiger partial charge in [0.25, 0.3) is 16.0 Å². The number of amides is 1. The number of nitrogens with zero attached hydrogens (tertiary/aromatic N) is 2. The van der Waals surface area contributed by atoms with E-state index in [1.165, 1.54) is 0 Å². The third-order valence-corrected chi connectivity index (χ3v) is 6.44. The number of halogens is 2. The summed E-state index contributed by atoms with van der Waals surface area (Å²) in [5, 5.41) is 8.44. The highest BCUT2D eigenvalue weighted by molar-refractivity contribution is 7.85. The van der Waals surface area contributed by atoms with Gasteiger partial charge in [0, 0.05) is 36.2 Å². The lowest BCUT2D eigenvalue weighted by atomic mass is 10.0. The zero-order valence-corrected chi connectivity index (χ0v) is 22.2. The summed E-state index contributed by atoms with van der Waals surface area (Å²) in [7, 11) is -2.12. The molecule has 1 heterocycles. The smallest absolute Gasteiger partial charge is 0.272 e. The van der Waals surface area contributed by atoms with E-state index in [-0.39, 0.29) is 25.3 Å². The molecule has 0 aliphatic heterocycles. The van der Waals surface area contributed by atoms with Gasteiger partial charge in [-0.15, -0.1) is 0 Å². The molecule has 0 atom stereocenters. The Morgan fingerprint density at radius 3 is 2.37 bits per heavy atom. The number of para-hydroxylation sites is 1. The lowest BCUT2D eigenvalue weighted by Crippen LogP contribution is -2.40. The van der Waals surface area contributed by atoms with Crippen LogP contribution in [0, 0.1) is 0 Å². The Morgan fingerprint density at radius 2 is 1.77 bits per heavy atom. The number of methoxy groups -OCH3 is 1. The molecule has 1 aromatic heterocycles. The quantitative estimate of drug-likeness (QED) is 0.380. The van der Waals surface area contributed by atoms with E-state index in [9.17, 15) is 13.2 Å². The molecule has 1 N–H and O–H groups in total. The summed E-state index contributed by atoms with van der Waals surface area (Å²) in [5.74, 6) is -0.439. The second-order valence-corrected chi connectivity index (χ2v) is 11.0. The molecule has 0 bridgehead atoms. The first-order valence-corrected chi connectivity index (χ1v) is 13.3. The second kappa shape index (κ2) is 11.1. The maximum Gasteiger partial charge on any atom is 0.272 e. The average Bonchev–Trinajstić information content (AvgIpc) is 3.17. The molecule has 0 unspecified atom stereocenters. The molecule has 0 saturated carbocycles. The van der Waals surface area contributed by atoms with Gasteiger partial charge in [-0.05, 0) is 38.1 Å². The molecule has 0 aliphatic rings. The molecule has 188 valence electrons. The molecule has 0 radical (unpaired) electrons. The summed E-state index contributed by atoms with van der Waals surface area (Å²) in [6.07, 6.45) is 1.08. The zero-order chi connectivity index (χ0) is 25.8. The molecule has 1 amide bonds. The fraction of sp³-hybridized carbons (Fsp3) is 0.333. The molecule has 8 nitrogen and oxygen atoms in total. The molecule has 3 rings (SSSR count). The molecule has 0 spiro atoms. The standard InChI is InChI=1S/C24H27Cl2N3O5S/c1-24(2,33-3)15-27-23(30)21-18(13-14-34-35(4,31)32)22(16-9-11-17(25)12-10-16)29(28-21)20-8-6-5-7-19(20)26/h5-12H,13-15H2,1-4H3,(H,27,30). The number of hydrogen-bond acceptors (Lipinski definition) is 6. The van der Waals surface area contributed by atoms with Crippen molar-refractivity contribution in [2.75, 3.05) is 26.5 Å². The van der Waals surface area contributed by atoms with Gasteiger partial charge in [0.05, 0.1) is 34.9 Å². The third kappa shape index (κ3) is 7.05. The van der Waals surface area contributed by atoms with Crippen molar-refractivity contribution in [2.24, 2.45) is 0 Å². The number of carbonyl (C=O) groups is 1. The molecule has 0 aliphatic carbocycles. The maximum atomic E-state index is 13.3. The van der Waals surface area contributed by atoms with Crippen molar-refractivity contribution >= 4 is 39.2 Å². The first kappa shape index (κ1) is 27.2. The molecule has 2 aromatic carbocycles. The highest BCUT2D eigenvalue weighted by Gasteiger charge is 2.27. The van der Waals surface area contributed by atoms with E-state index < -0.39 is 21.6 Å². The summed E-state index contributed by atoms with van der Waals surface area (Å²) in [4.78, 5) is 13.3. The minimum absolute atomic E-state index is 0.103. The number of benzene rings is 2. The van der Waals surface area contributed by atoms with E-state index in [0.29, 0.717) is 32.6 Å². The van der Waals surface area contributed by atoms with Crippen LogP contribution in [0.5, 0.6) is 0 Å². The van der Waals surface area contributed by atoms with Crippen LogP contribution in [0.15, 0.2) is 48.5 Å². The number of carbonyl (C=O) groups excluding carboxylic acids is 1. The Bertz CT molecular complexity index is 1310. The minimum Gasteiger partial charge on any atom is -0.377 e. The number of hydrogen-bond donors (Lipinski definition) is 1.